The third kappa shape index (κ3) is 2.03. The van der Waals surface area contributed by atoms with Gasteiger partial charge in [-0.2, -0.15) is 0 Å². The monoisotopic (exact) mass is 244 g/mol. The van der Waals surface area contributed by atoms with E-state index in [9.17, 15) is 4.79 Å². The smallest absolute Gasteiger partial charge is 0.250 e. The summed E-state index contributed by atoms with van der Waals surface area (Å²) < 4.78 is 1.99. The number of piperidine rings is 1. The molecule has 3 heterocycles. The second kappa shape index (κ2) is 4.73. The summed E-state index contributed by atoms with van der Waals surface area (Å²) in [7, 11) is 0. The lowest BCUT2D eigenvalue weighted by Crippen LogP contribution is -2.47. The number of nitrogens with zero attached hydrogens (tertiary/aromatic N) is 2. The molecule has 1 saturated heterocycles. The first-order valence-electron chi connectivity index (χ1n) is 6.81. The van der Waals surface area contributed by atoms with Crippen molar-refractivity contribution in [2.75, 3.05) is 19.6 Å². The van der Waals surface area contributed by atoms with Gasteiger partial charge in [-0.15, -0.1) is 6.58 Å². The van der Waals surface area contributed by atoms with E-state index < -0.39 is 0 Å². The van der Waals surface area contributed by atoms with E-state index in [4.69, 9.17) is 0 Å². The van der Waals surface area contributed by atoms with Crippen molar-refractivity contribution in [1.29, 1.82) is 0 Å². The Hall–Kier alpha value is -1.35. The zero-order chi connectivity index (χ0) is 12.5. The highest BCUT2D eigenvalue weighted by Crippen LogP contribution is 2.34. The first-order chi connectivity index (χ1) is 8.78. The van der Waals surface area contributed by atoms with Crippen molar-refractivity contribution in [3.05, 3.63) is 46.9 Å². The molecule has 2 atom stereocenters. The fourth-order valence-electron chi connectivity index (χ4n) is 3.45. The minimum atomic E-state index is 0.168. The Balaban J connectivity index is 1.85. The third-order valence-corrected chi connectivity index (χ3v) is 4.20. The molecule has 2 bridgehead atoms. The maximum Gasteiger partial charge on any atom is 0.250 e. The van der Waals surface area contributed by atoms with Gasteiger partial charge in [0.2, 0.25) is 0 Å². The topological polar surface area (TPSA) is 25.2 Å². The summed E-state index contributed by atoms with van der Waals surface area (Å²) in [5.74, 6) is 1.18. The molecule has 3 heteroatoms. The van der Waals surface area contributed by atoms with Crippen molar-refractivity contribution in [3.8, 4) is 0 Å². The fraction of sp³-hybridized carbons (Fsp3) is 0.533. The molecule has 0 N–H and O–H groups in total. The molecule has 0 unspecified atom stereocenters. The SMILES string of the molecule is C=CCCN1C[C@H]2C[C@@H](C1)c1cccc(=O)n1C2. The van der Waals surface area contributed by atoms with Gasteiger partial charge in [-0.3, -0.25) is 4.79 Å². The van der Waals surface area contributed by atoms with Gasteiger partial charge in [0.05, 0.1) is 0 Å². The standard InChI is InChI=1S/C15H20N2O/c1-2-3-7-16-9-12-8-13(11-16)14-5-4-6-15(18)17(14)10-12/h2,4-6,12-13H,1,3,7-11H2/t12-,13+/m1/s1. The van der Waals surface area contributed by atoms with Crippen LogP contribution in [0.5, 0.6) is 0 Å². The van der Waals surface area contributed by atoms with E-state index in [2.05, 4.69) is 17.5 Å². The van der Waals surface area contributed by atoms with Crippen LogP contribution in [0.2, 0.25) is 0 Å². The van der Waals surface area contributed by atoms with Crippen molar-refractivity contribution >= 4 is 0 Å². The average molecular weight is 244 g/mol. The molecule has 0 aliphatic carbocycles. The van der Waals surface area contributed by atoms with Crippen LogP contribution in [0.25, 0.3) is 0 Å². The molecule has 3 nitrogen and oxygen atoms in total. The van der Waals surface area contributed by atoms with Crippen LogP contribution in [0.1, 0.15) is 24.5 Å². The van der Waals surface area contributed by atoms with E-state index in [0.29, 0.717) is 11.8 Å². The quantitative estimate of drug-likeness (QED) is 0.758. The maximum atomic E-state index is 11.9. The molecule has 1 aromatic rings. The van der Waals surface area contributed by atoms with Crippen LogP contribution in [0, 0.1) is 5.92 Å². The summed E-state index contributed by atoms with van der Waals surface area (Å²) >= 11 is 0. The molecule has 0 spiro atoms. The van der Waals surface area contributed by atoms with Crippen LogP contribution in [0.4, 0.5) is 0 Å². The number of aromatic nitrogens is 1. The molecule has 0 aromatic carbocycles. The van der Waals surface area contributed by atoms with Crippen LogP contribution in [0.3, 0.4) is 0 Å². The second-order valence-electron chi connectivity index (χ2n) is 5.54. The van der Waals surface area contributed by atoms with Crippen LogP contribution >= 0.6 is 0 Å². The number of likely N-dealkylation sites (tertiary alicyclic amines) is 1. The van der Waals surface area contributed by atoms with Gasteiger partial charge in [-0.1, -0.05) is 12.1 Å². The largest absolute Gasteiger partial charge is 0.312 e. The van der Waals surface area contributed by atoms with Crippen LogP contribution < -0.4 is 5.56 Å². The first kappa shape index (κ1) is 11.7. The summed E-state index contributed by atoms with van der Waals surface area (Å²) in [5, 5.41) is 0. The minimum absolute atomic E-state index is 0.168. The lowest BCUT2D eigenvalue weighted by atomic mass is 9.83. The van der Waals surface area contributed by atoms with E-state index >= 15 is 0 Å². The summed E-state index contributed by atoms with van der Waals surface area (Å²) in [6, 6.07) is 5.70. The van der Waals surface area contributed by atoms with Gasteiger partial charge >= 0.3 is 0 Å². The van der Waals surface area contributed by atoms with Gasteiger partial charge < -0.3 is 9.47 Å². The number of hydrogen-bond donors (Lipinski definition) is 0. The van der Waals surface area contributed by atoms with Crippen LogP contribution in [-0.4, -0.2) is 29.1 Å². The van der Waals surface area contributed by atoms with Gasteiger partial charge in [0.1, 0.15) is 0 Å². The van der Waals surface area contributed by atoms with E-state index in [1.807, 2.05) is 16.7 Å². The Morgan fingerprint density at radius 3 is 3.06 bits per heavy atom. The van der Waals surface area contributed by atoms with E-state index in [1.54, 1.807) is 6.07 Å². The maximum absolute atomic E-state index is 11.9. The summed E-state index contributed by atoms with van der Waals surface area (Å²) in [6.07, 6.45) is 4.29. The molecular weight excluding hydrogens is 224 g/mol. The minimum Gasteiger partial charge on any atom is -0.312 e. The van der Waals surface area contributed by atoms with Gasteiger partial charge in [-0.25, -0.2) is 0 Å². The van der Waals surface area contributed by atoms with Gasteiger partial charge in [0.15, 0.2) is 0 Å². The summed E-state index contributed by atoms with van der Waals surface area (Å²) in [5.41, 5.74) is 1.41. The number of hydrogen-bond acceptors (Lipinski definition) is 2. The fourth-order valence-corrected chi connectivity index (χ4v) is 3.45. The number of fused-ring (bicyclic) bond motifs is 4. The van der Waals surface area contributed by atoms with Crippen molar-refractivity contribution < 1.29 is 0 Å². The zero-order valence-electron chi connectivity index (χ0n) is 10.7. The van der Waals surface area contributed by atoms with E-state index in [0.717, 1.165) is 32.6 Å². The predicted octanol–water partition coefficient (Wildman–Crippen LogP) is 1.84. The zero-order valence-corrected chi connectivity index (χ0v) is 10.7. The summed E-state index contributed by atoms with van der Waals surface area (Å²) in [4.78, 5) is 14.4. The Kier molecular flexibility index (Phi) is 3.08. The molecule has 0 radical (unpaired) electrons. The van der Waals surface area contributed by atoms with Gasteiger partial charge in [0, 0.05) is 43.9 Å². The summed E-state index contributed by atoms with van der Waals surface area (Å²) in [6.45, 7) is 8.02. The molecule has 3 rings (SSSR count). The van der Waals surface area contributed by atoms with E-state index in [1.165, 1.54) is 12.1 Å². The highest BCUT2D eigenvalue weighted by atomic mass is 16.1. The number of rotatable bonds is 3. The predicted molar refractivity (Wildman–Crippen MR) is 72.8 cm³/mol. The molecule has 2 aliphatic rings. The second-order valence-corrected chi connectivity index (χ2v) is 5.54. The highest BCUT2D eigenvalue weighted by Gasteiger charge is 2.33. The molecule has 0 amide bonds. The van der Waals surface area contributed by atoms with Gasteiger partial charge in [-0.05, 0) is 24.8 Å². The Labute approximate surface area is 108 Å². The molecule has 1 fully saturated rings. The van der Waals surface area contributed by atoms with Gasteiger partial charge in [0.25, 0.3) is 5.56 Å². The Morgan fingerprint density at radius 1 is 1.33 bits per heavy atom. The molecule has 0 saturated carbocycles. The van der Waals surface area contributed by atoms with Crippen LogP contribution in [0.15, 0.2) is 35.6 Å². The van der Waals surface area contributed by atoms with Crippen LogP contribution in [-0.2, 0) is 6.54 Å². The normalized spacial score (nSPS) is 26.7. The average Bonchev–Trinajstić information content (AvgIpc) is 2.38. The van der Waals surface area contributed by atoms with Crippen molar-refractivity contribution in [3.63, 3.8) is 0 Å². The highest BCUT2D eigenvalue weighted by molar-refractivity contribution is 5.16. The Morgan fingerprint density at radius 2 is 2.22 bits per heavy atom. The lowest BCUT2D eigenvalue weighted by Gasteiger charge is -2.42. The molecule has 2 aliphatic heterocycles. The molecule has 96 valence electrons. The first-order valence-corrected chi connectivity index (χ1v) is 6.81. The van der Waals surface area contributed by atoms with Crippen molar-refractivity contribution in [2.45, 2.75) is 25.3 Å². The third-order valence-electron chi connectivity index (χ3n) is 4.20. The van der Waals surface area contributed by atoms with E-state index in [-0.39, 0.29) is 5.56 Å². The van der Waals surface area contributed by atoms with Crippen molar-refractivity contribution in [2.24, 2.45) is 5.92 Å². The number of pyridine rings is 1. The molecule has 1 aromatic heterocycles. The van der Waals surface area contributed by atoms with Crippen molar-refractivity contribution in [1.82, 2.24) is 9.47 Å². The lowest BCUT2D eigenvalue weighted by molar-refractivity contribution is 0.122. The molecular formula is C15H20N2O. The Bertz CT molecular complexity index is 505. The molecule has 18 heavy (non-hydrogen) atoms.